The summed E-state index contributed by atoms with van der Waals surface area (Å²) in [7, 11) is 0. The third-order valence-electron chi connectivity index (χ3n) is 3.82. The Labute approximate surface area is 118 Å². The molecule has 19 heavy (non-hydrogen) atoms. The molecule has 0 unspecified atom stereocenters. The van der Waals surface area contributed by atoms with Gasteiger partial charge in [-0.25, -0.2) is 4.98 Å². The van der Waals surface area contributed by atoms with Crippen LogP contribution in [-0.4, -0.2) is 11.5 Å². The second kappa shape index (κ2) is 5.06. The molecule has 0 spiro atoms. The molecule has 0 saturated heterocycles. The van der Waals surface area contributed by atoms with E-state index in [-0.39, 0.29) is 0 Å². The van der Waals surface area contributed by atoms with E-state index in [9.17, 15) is 0 Å². The summed E-state index contributed by atoms with van der Waals surface area (Å²) in [6.45, 7) is 8.66. The van der Waals surface area contributed by atoms with Crippen molar-refractivity contribution in [2.75, 3.05) is 6.54 Å². The van der Waals surface area contributed by atoms with E-state index in [1.807, 2.05) is 11.3 Å². The fraction of sp³-hybridized carbons (Fsp3) is 0.438. The van der Waals surface area contributed by atoms with Gasteiger partial charge in [-0.1, -0.05) is 17.7 Å². The summed E-state index contributed by atoms with van der Waals surface area (Å²) in [6.07, 6.45) is 2.06. The standard InChI is InChI=1S/C16H20N2S/c1-10-6-11(2)13(12(3)7-10)8-16-18-14-4-5-17-9-15(14)19-16/h6-7,17H,4-5,8-9H2,1-3H3. The highest BCUT2D eigenvalue weighted by atomic mass is 32.1. The number of hydrogen-bond donors (Lipinski definition) is 1. The van der Waals surface area contributed by atoms with Crippen LogP contribution in [0, 0.1) is 20.8 Å². The largest absolute Gasteiger partial charge is 0.311 e. The van der Waals surface area contributed by atoms with Crippen LogP contribution in [-0.2, 0) is 19.4 Å². The van der Waals surface area contributed by atoms with Crippen LogP contribution >= 0.6 is 11.3 Å². The zero-order valence-corrected chi connectivity index (χ0v) is 12.7. The molecule has 0 aliphatic carbocycles. The summed E-state index contributed by atoms with van der Waals surface area (Å²) in [4.78, 5) is 6.26. The molecule has 0 atom stereocenters. The maximum Gasteiger partial charge on any atom is 0.0975 e. The molecule has 2 nitrogen and oxygen atoms in total. The zero-order chi connectivity index (χ0) is 13.4. The highest BCUT2D eigenvalue weighted by molar-refractivity contribution is 7.11. The molecule has 1 aromatic heterocycles. The minimum atomic E-state index is 0.982. The molecular weight excluding hydrogens is 252 g/mol. The minimum Gasteiger partial charge on any atom is -0.311 e. The van der Waals surface area contributed by atoms with E-state index < -0.39 is 0 Å². The molecule has 1 aliphatic rings. The fourth-order valence-corrected chi connectivity index (χ4v) is 3.99. The molecule has 2 heterocycles. The van der Waals surface area contributed by atoms with Crippen molar-refractivity contribution >= 4 is 11.3 Å². The summed E-state index contributed by atoms with van der Waals surface area (Å²) >= 11 is 1.88. The SMILES string of the molecule is Cc1cc(C)c(Cc2nc3c(s2)CNCC3)c(C)c1. The van der Waals surface area contributed by atoms with Gasteiger partial charge in [-0.2, -0.15) is 0 Å². The van der Waals surface area contributed by atoms with Crippen LogP contribution < -0.4 is 5.32 Å². The van der Waals surface area contributed by atoms with E-state index in [1.165, 1.54) is 37.8 Å². The number of aryl methyl sites for hydroxylation is 3. The molecule has 0 saturated carbocycles. The van der Waals surface area contributed by atoms with Crippen LogP contribution in [0.2, 0.25) is 0 Å². The summed E-state index contributed by atoms with van der Waals surface area (Å²) < 4.78 is 0. The monoisotopic (exact) mass is 272 g/mol. The molecule has 1 aliphatic heterocycles. The lowest BCUT2D eigenvalue weighted by atomic mass is 9.98. The van der Waals surface area contributed by atoms with E-state index in [1.54, 1.807) is 0 Å². The number of hydrogen-bond acceptors (Lipinski definition) is 3. The third-order valence-corrected chi connectivity index (χ3v) is 4.91. The molecule has 0 bridgehead atoms. The lowest BCUT2D eigenvalue weighted by Gasteiger charge is -2.09. The molecule has 3 rings (SSSR count). The van der Waals surface area contributed by atoms with Gasteiger partial charge in [0.05, 0.1) is 10.7 Å². The Morgan fingerprint density at radius 1 is 1.21 bits per heavy atom. The predicted octanol–water partition coefficient (Wildman–Crippen LogP) is 3.30. The number of benzene rings is 1. The first-order chi connectivity index (χ1) is 9.13. The molecule has 3 heteroatoms. The van der Waals surface area contributed by atoms with Gasteiger partial charge in [0.1, 0.15) is 0 Å². The van der Waals surface area contributed by atoms with Crippen molar-refractivity contribution in [3.05, 3.63) is 50.0 Å². The number of aromatic nitrogens is 1. The molecular formula is C16H20N2S. The first-order valence-electron chi connectivity index (χ1n) is 6.88. The highest BCUT2D eigenvalue weighted by Gasteiger charge is 2.15. The van der Waals surface area contributed by atoms with E-state index >= 15 is 0 Å². The summed E-state index contributed by atoms with van der Waals surface area (Å²) in [6, 6.07) is 4.55. The number of thiazole rings is 1. The van der Waals surface area contributed by atoms with Crippen LogP contribution in [0.1, 0.15) is 37.8 Å². The molecule has 1 aromatic carbocycles. The molecule has 0 radical (unpaired) electrons. The maximum atomic E-state index is 4.83. The summed E-state index contributed by atoms with van der Waals surface area (Å²) in [5, 5.41) is 4.69. The topological polar surface area (TPSA) is 24.9 Å². The van der Waals surface area contributed by atoms with Gasteiger partial charge in [-0.05, 0) is 37.5 Å². The van der Waals surface area contributed by atoms with E-state index in [4.69, 9.17) is 4.98 Å². The van der Waals surface area contributed by atoms with Gasteiger partial charge in [-0.15, -0.1) is 11.3 Å². The fourth-order valence-electron chi connectivity index (χ4n) is 2.89. The van der Waals surface area contributed by atoms with Crippen molar-refractivity contribution in [2.45, 2.75) is 40.2 Å². The van der Waals surface area contributed by atoms with Crippen molar-refractivity contribution in [2.24, 2.45) is 0 Å². The molecule has 0 fully saturated rings. The molecule has 0 amide bonds. The second-order valence-corrected chi connectivity index (χ2v) is 6.63. The first-order valence-corrected chi connectivity index (χ1v) is 7.70. The van der Waals surface area contributed by atoms with E-state index in [2.05, 4.69) is 38.2 Å². The Balaban J connectivity index is 1.91. The Kier molecular flexibility index (Phi) is 3.42. The van der Waals surface area contributed by atoms with Crippen molar-refractivity contribution < 1.29 is 0 Å². The van der Waals surface area contributed by atoms with Crippen LogP contribution in [0.15, 0.2) is 12.1 Å². The van der Waals surface area contributed by atoms with Crippen LogP contribution in [0.4, 0.5) is 0 Å². The average Bonchev–Trinajstić information content (AvgIpc) is 2.76. The van der Waals surface area contributed by atoms with Crippen molar-refractivity contribution in [1.29, 1.82) is 0 Å². The Morgan fingerprint density at radius 3 is 2.63 bits per heavy atom. The average molecular weight is 272 g/mol. The number of rotatable bonds is 2. The van der Waals surface area contributed by atoms with Crippen molar-refractivity contribution in [3.63, 3.8) is 0 Å². The normalized spacial score (nSPS) is 14.5. The molecule has 100 valence electrons. The van der Waals surface area contributed by atoms with Crippen molar-refractivity contribution in [3.8, 4) is 0 Å². The van der Waals surface area contributed by atoms with Gasteiger partial charge < -0.3 is 5.32 Å². The van der Waals surface area contributed by atoms with Gasteiger partial charge in [0.25, 0.3) is 0 Å². The van der Waals surface area contributed by atoms with E-state index in [0.29, 0.717) is 0 Å². The maximum absolute atomic E-state index is 4.83. The molecule has 1 N–H and O–H groups in total. The Bertz CT molecular complexity index is 567. The Morgan fingerprint density at radius 2 is 1.95 bits per heavy atom. The second-order valence-electron chi connectivity index (χ2n) is 5.46. The van der Waals surface area contributed by atoms with Gasteiger partial charge >= 0.3 is 0 Å². The minimum absolute atomic E-state index is 0.982. The number of fused-ring (bicyclic) bond motifs is 1. The van der Waals surface area contributed by atoms with Crippen molar-refractivity contribution in [1.82, 2.24) is 10.3 Å². The van der Waals surface area contributed by atoms with Gasteiger partial charge in [0, 0.05) is 30.8 Å². The lowest BCUT2D eigenvalue weighted by Crippen LogP contribution is -2.22. The Hall–Kier alpha value is -1.19. The van der Waals surface area contributed by atoms with Crippen LogP contribution in [0.5, 0.6) is 0 Å². The van der Waals surface area contributed by atoms with Gasteiger partial charge in [0.2, 0.25) is 0 Å². The summed E-state index contributed by atoms with van der Waals surface area (Å²) in [5.41, 5.74) is 6.90. The molecule has 2 aromatic rings. The highest BCUT2D eigenvalue weighted by Crippen LogP contribution is 2.26. The first kappa shape index (κ1) is 12.8. The summed E-state index contributed by atoms with van der Waals surface area (Å²) in [5.74, 6) is 0. The number of nitrogens with one attached hydrogen (secondary N) is 1. The van der Waals surface area contributed by atoms with Gasteiger partial charge in [0.15, 0.2) is 0 Å². The van der Waals surface area contributed by atoms with Crippen LogP contribution in [0.3, 0.4) is 0 Å². The predicted molar refractivity (Wildman–Crippen MR) is 81.0 cm³/mol. The zero-order valence-electron chi connectivity index (χ0n) is 11.8. The number of nitrogens with zero attached hydrogens (tertiary/aromatic N) is 1. The van der Waals surface area contributed by atoms with E-state index in [0.717, 1.165) is 25.9 Å². The quantitative estimate of drug-likeness (QED) is 0.907. The lowest BCUT2D eigenvalue weighted by molar-refractivity contribution is 0.643. The van der Waals surface area contributed by atoms with Gasteiger partial charge in [-0.3, -0.25) is 0 Å². The third kappa shape index (κ3) is 2.58. The smallest absolute Gasteiger partial charge is 0.0975 e. The van der Waals surface area contributed by atoms with Crippen LogP contribution in [0.25, 0.3) is 0 Å².